The van der Waals surface area contributed by atoms with Crippen molar-refractivity contribution in [2.45, 2.75) is 6.92 Å². The highest BCUT2D eigenvalue weighted by Gasteiger charge is 2.11. The van der Waals surface area contributed by atoms with Gasteiger partial charge in [-0.3, -0.25) is 4.99 Å². The first kappa shape index (κ1) is 18.7. The van der Waals surface area contributed by atoms with Crippen molar-refractivity contribution >= 4 is 24.7 Å². The molecule has 0 aliphatic heterocycles. The summed E-state index contributed by atoms with van der Waals surface area (Å²) in [4.78, 5) is 5.01. The zero-order chi connectivity index (χ0) is 15.5. The third kappa shape index (κ3) is 5.37. The van der Waals surface area contributed by atoms with E-state index in [1.54, 1.807) is 31.4 Å². The molecule has 0 saturated carbocycles. The van der Waals surface area contributed by atoms with E-state index in [0.29, 0.717) is 22.6 Å². The van der Waals surface area contributed by atoms with Crippen LogP contribution in [-0.4, -0.2) is 38.2 Å². The lowest BCUT2D eigenvalue weighted by atomic mass is 9.87. The van der Waals surface area contributed by atoms with E-state index in [2.05, 4.69) is 18.2 Å². The summed E-state index contributed by atoms with van der Waals surface area (Å²) < 4.78 is 0. The molecule has 0 bridgehead atoms. The Hall–Kier alpha value is -1.30. The summed E-state index contributed by atoms with van der Waals surface area (Å²) in [5.74, 6) is 0. The van der Waals surface area contributed by atoms with Crippen LogP contribution in [-0.2, 0) is 0 Å². The van der Waals surface area contributed by atoms with Gasteiger partial charge in [0.05, 0.1) is 6.61 Å². The van der Waals surface area contributed by atoms with Crippen LogP contribution in [0.3, 0.4) is 0 Å². The molecule has 3 nitrogen and oxygen atoms in total. The van der Waals surface area contributed by atoms with Crippen LogP contribution in [0.1, 0.15) is 6.92 Å². The molecule has 0 fully saturated rings. The van der Waals surface area contributed by atoms with Crippen LogP contribution in [0.5, 0.6) is 0 Å². The second-order valence-electron chi connectivity index (χ2n) is 3.71. The minimum atomic E-state index is -0.118. The van der Waals surface area contributed by atoms with E-state index in [1.807, 2.05) is 6.92 Å². The molecule has 0 aliphatic rings. The van der Waals surface area contributed by atoms with Crippen LogP contribution in [0.4, 0.5) is 0 Å². The highest BCUT2D eigenvalue weighted by molar-refractivity contribution is 8.17. The van der Waals surface area contributed by atoms with Gasteiger partial charge in [-0.15, -0.1) is 0 Å². The molecule has 0 saturated heterocycles. The minimum absolute atomic E-state index is 0.118. The van der Waals surface area contributed by atoms with E-state index >= 15 is 0 Å². The van der Waals surface area contributed by atoms with Gasteiger partial charge in [0.25, 0.3) is 0 Å². The first-order chi connectivity index (χ1) is 9.59. The third-order valence-corrected chi connectivity index (χ3v) is 3.79. The molecule has 0 spiro atoms. The second-order valence-corrected chi connectivity index (χ2v) is 4.74. The van der Waals surface area contributed by atoms with E-state index in [1.165, 1.54) is 11.8 Å². The first-order valence-corrected chi connectivity index (χ1v) is 6.96. The predicted octanol–water partition coefficient (Wildman–Crippen LogP) is 2.32. The summed E-state index contributed by atoms with van der Waals surface area (Å²) in [5, 5.41) is 10.1. The molecule has 0 aliphatic carbocycles. The highest BCUT2D eigenvalue weighted by Crippen LogP contribution is 2.28. The van der Waals surface area contributed by atoms with Crippen LogP contribution in [0.2, 0.25) is 0 Å². The van der Waals surface area contributed by atoms with Gasteiger partial charge >= 0.3 is 0 Å². The van der Waals surface area contributed by atoms with Crippen molar-refractivity contribution in [1.82, 2.24) is 0 Å². The Balaban J connectivity index is 5.61. The molecule has 0 aromatic carbocycles. The van der Waals surface area contributed by atoms with Crippen molar-refractivity contribution in [3.8, 4) is 0 Å². The maximum atomic E-state index is 9.38. The molecule has 0 unspecified atom stereocenters. The van der Waals surface area contributed by atoms with Crippen molar-refractivity contribution in [3.63, 3.8) is 0 Å². The standard InChI is InChI=1S/C15H21BN2OS/c1-5-8-11(10-19)15(18-4)20-14(7-3)12(9-17)13(16)6-2/h5-8,19H,1,3,9-10,17H2,2,4H3/b11-8-,13-6+,14-12+,18-15?. The fourth-order valence-electron chi connectivity index (χ4n) is 1.45. The zero-order valence-corrected chi connectivity index (χ0v) is 12.9. The molecule has 2 radical (unpaired) electrons. The number of aliphatic hydroxyl groups excluding tert-OH is 1. The maximum Gasteiger partial charge on any atom is 0.113 e. The number of nitrogens with zero attached hydrogens (tertiary/aromatic N) is 1. The van der Waals surface area contributed by atoms with Crippen LogP contribution in [0.25, 0.3) is 0 Å². The first-order valence-electron chi connectivity index (χ1n) is 6.14. The number of nitrogens with two attached hydrogens (primary N) is 1. The smallest absolute Gasteiger partial charge is 0.113 e. The van der Waals surface area contributed by atoms with Gasteiger partial charge in [0, 0.05) is 24.1 Å². The third-order valence-electron chi connectivity index (χ3n) is 2.52. The van der Waals surface area contributed by atoms with Gasteiger partial charge in [-0.25, -0.2) is 0 Å². The van der Waals surface area contributed by atoms with Crippen molar-refractivity contribution in [1.29, 1.82) is 0 Å². The minimum Gasteiger partial charge on any atom is -0.392 e. The van der Waals surface area contributed by atoms with Gasteiger partial charge in [-0.05, 0) is 12.5 Å². The topological polar surface area (TPSA) is 58.6 Å². The summed E-state index contributed by atoms with van der Waals surface area (Å²) >= 11 is 1.37. The summed E-state index contributed by atoms with van der Waals surface area (Å²) in [6.45, 7) is 9.45. The molecule has 0 aromatic rings. The second kappa shape index (κ2) is 10.5. The van der Waals surface area contributed by atoms with E-state index in [9.17, 15) is 5.11 Å². The average Bonchev–Trinajstić information content (AvgIpc) is 2.48. The predicted molar refractivity (Wildman–Crippen MR) is 92.1 cm³/mol. The van der Waals surface area contributed by atoms with Gasteiger partial charge in [-0.2, -0.15) is 0 Å². The summed E-state index contributed by atoms with van der Waals surface area (Å²) in [5.41, 5.74) is 7.86. The molecular formula is C15H21BN2OS. The summed E-state index contributed by atoms with van der Waals surface area (Å²) in [6, 6.07) is 0. The monoisotopic (exact) mass is 288 g/mol. The highest BCUT2D eigenvalue weighted by atomic mass is 32.2. The van der Waals surface area contributed by atoms with Gasteiger partial charge in [0.15, 0.2) is 0 Å². The quantitative estimate of drug-likeness (QED) is 0.327. The fourth-order valence-corrected chi connectivity index (χ4v) is 2.43. The van der Waals surface area contributed by atoms with E-state index in [-0.39, 0.29) is 6.61 Å². The SMILES string of the molecule is [B]C(=C/C)/C(CN)=C(\C=C)SC(=NC)/C(=C\C=C)CO. The molecular weight excluding hydrogens is 267 g/mol. The van der Waals surface area contributed by atoms with Crippen LogP contribution < -0.4 is 5.73 Å². The number of aliphatic hydroxyl groups is 1. The average molecular weight is 288 g/mol. The maximum absolute atomic E-state index is 9.38. The van der Waals surface area contributed by atoms with Crippen molar-refractivity contribution in [3.05, 3.63) is 59.0 Å². The molecule has 5 heteroatoms. The van der Waals surface area contributed by atoms with Gasteiger partial charge in [-0.1, -0.05) is 54.7 Å². The van der Waals surface area contributed by atoms with Crippen LogP contribution in [0.15, 0.2) is 64.0 Å². The van der Waals surface area contributed by atoms with E-state index in [4.69, 9.17) is 13.6 Å². The van der Waals surface area contributed by atoms with E-state index in [0.717, 1.165) is 10.5 Å². The Morgan fingerprint density at radius 3 is 2.45 bits per heavy atom. The molecule has 0 aromatic heterocycles. The zero-order valence-electron chi connectivity index (χ0n) is 12.1. The molecule has 0 atom stereocenters. The van der Waals surface area contributed by atoms with Gasteiger partial charge < -0.3 is 10.8 Å². The molecule has 0 amide bonds. The molecule has 3 N–H and O–H groups in total. The van der Waals surface area contributed by atoms with E-state index < -0.39 is 0 Å². The summed E-state index contributed by atoms with van der Waals surface area (Å²) in [7, 11) is 7.59. The Morgan fingerprint density at radius 1 is 1.45 bits per heavy atom. The molecule has 106 valence electrons. The van der Waals surface area contributed by atoms with Gasteiger partial charge in [0.1, 0.15) is 12.9 Å². The number of thioether (sulfide) groups is 1. The number of hydrogen-bond donors (Lipinski definition) is 2. The van der Waals surface area contributed by atoms with Crippen molar-refractivity contribution in [2.24, 2.45) is 10.7 Å². The fraction of sp³-hybridized carbons (Fsp3) is 0.267. The van der Waals surface area contributed by atoms with Crippen molar-refractivity contribution < 1.29 is 5.11 Å². The lowest BCUT2D eigenvalue weighted by Crippen LogP contribution is -2.09. The van der Waals surface area contributed by atoms with Crippen LogP contribution in [0, 0.1) is 0 Å². The molecule has 0 heterocycles. The largest absolute Gasteiger partial charge is 0.392 e. The molecule has 20 heavy (non-hydrogen) atoms. The Morgan fingerprint density at radius 2 is 2.10 bits per heavy atom. The number of aliphatic imine (C=N–C) groups is 1. The number of rotatable bonds is 7. The Bertz CT molecular complexity index is 476. The molecule has 0 rings (SSSR count). The number of hydrogen-bond acceptors (Lipinski definition) is 4. The van der Waals surface area contributed by atoms with Crippen LogP contribution >= 0.6 is 11.8 Å². The van der Waals surface area contributed by atoms with Crippen molar-refractivity contribution in [2.75, 3.05) is 20.2 Å². The van der Waals surface area contributed by atoms with Gasteiger partial charge in [0.2, 0.25) is 0 Å². The number of allylic oxidation sites excluding steroid dienone is 4. The summed E-state index contributed by atoms with van der Waals surface area (Å²) in [6.07, 6.45) is 6.81. The lowest BCUT2D eigenvalue weighted by molar-refractivity contribution is 0.337. The Labute approximate surface area is 127 Å². The Kier molecular flexibility index (Phi) is 9.81. The lowest BCUT2D eigenvalue weighted by Gasteiger charge is -2.14. The normalized spacial score (nSPS) is 14.9.